The number of hydrogen-bond donors (Lipinski definition) is 2. The lowest BCUT2D eigenvalue weighted by atomic mass is 9.82. The Kier molecular flexibility index (Phi) is 10.3. The predicted octanol–water partition coefficient (Wildman–Crippen LogP) is 10.0. The molecule has 0 saturated carbocycles. The second-order valence-electron chi connectivity index (χ2n) is 14.0. The van der Waals surface area contributed by atoms with Gasteiger partial charge in [0.15, 0.2) is 0 Å². The first-order valence-electron chi connectivity index (χ1n) is 14.4. The maximum Gasteiger partial charge on any atom is 0.214 e. The molecule has 4 aromatic rings. The number of carbonyl (C=O) groups is 1. The van der Waals surface area contributed by atoms with E-state index in [9.17, 15) is 15.0 Å². The van der Waals surface area contributed by atoms with Crippen LogP contribution in [0.4, 0.5) is 0 Å². The molecule has 2 aromatic heterocycles. The lowest BCUT2D eigenvalue weighted by Gasteiger charge is -2.24. The van der Waals surface area contributed by atoms with E-state index in [1.807, 2.05) is 74.4 Å². The average Bonchev–Trinajstić information content (AvgIpc) is 3.46. The van der Waals surface area contributed by atoms with E-state index in [0.29, 0.717) is 34.3 Å². The summed E-state index contributed by atoms with van der Waals surface area (Å²) in [6.07, 6.45) is 0. The molecule has 0 bridgehead atoms. The molecule has 2 N–H and O–H groups in total. The highest BCUT2D eigenvalue weighted by Gasteiger charge is 2.29. The molecule has 4 rings (SSSR count). The minimum absolute atomic E-state index is 0.0551. The van der Waals surface area contributed by atoms with Crippen molar-refractivity contribution in [2.45, 2.75) is 65.5 Å². The molecule has 44 heavy (non-hydrogen) atoms. The van der Waals surface area contributed by atoms with Crippen molar-refractivity contribution in [3.63, 3.8) is 0 Å². The van der Waals surface area contributed by atoms with Crippen LogP contribution in [0.3, 0.4) is 0 Å². The number of phenols is 2. The normalized spacial score (nSPS) is 12.5. The van der Waals surface area contributed by atoms with Gasteiger partial charge in [-0.05, 0) is 118 Å². The lowest BCUT2D eigenvalue weighted by Crippen LogP contribution is -2.16. The predicted molar refractivity (Wildman–Crippen MR) is 194 cm³/mol. The molecule has 9 heteroatoms. The number of thiophene rings is 2. The minimum atomic E-state index is -0.293. The third-order valence-corrected chi connectivity index (χ3v) is 10.7. The van der Waals surface area contributed by atoms with Crippen LogP contribution in [0.1, 0.15) is 78.3 Å². The molecule has 0 atom stereocenters. The Labute approximate surface area is 286 Å². The van der Waals surface area contributed by atoms with Crippen LogP contribution >= 0.6 is 54.5 Å². The smallest absolute Gasteiger partial charge is 0.214 e. The standard InChI is InChI=1S/C35H42Br2N2O3S2/c1-34(2,3)25-13-19(11-21(29(25)40)17-38(7)8)23-15-27(36)43-32(23)31(42)33-24(16-28(37)44-33)20-12-22(18-39(9)10)30(41)26(14-20)35(4,5)6/h11-16,40-41H,17-18H2,1-10H3. The van der Waals surface area contributed by atoms with Crippen molar-refractivity contribution < 1.29 is 15.0 Å². The fraction of sp³-hybridized carbons (Fsp3) is 0.400. The van der Waals surface area contributed by atoms with Gasteiger partial charge in [-0.15, -0.1) is 22.7 Å². The van der Waals surface area contributed by atoms with Gasteiger partial charge >= 0.3 is 0 Å². The van der Waals surface area contributed by atoms with Crippen LogP contribution in [0.15, 0.2) is 44.0 Å². The zero-order valence-electron chi connectivity index (χ0n) is 27.1. The van der Waals surface area contributed by atoms with Gasteiger partial charge in [-0.1, -0.05) is 41.5 Å². The van der Waals surface area contributed by atoms with Crippen LogP contribution in [0.5, 0.6) is 11.5 Å². The Bertz CT molecular complexity index is 1580. The average molecular weight is 763 g/mol. The van der Waals surface area contributed by atoms with E-state index < -0.39 is 0 Å². The topological polar surface area (TPSA) is 64.0 Å². The molecule has 2 heterocycles. The summed E-state index contributed by atoms with van der Waals surface area (Å²) >= 11 is 10.2. The van der Waals surface area contributed by atoms with Crippen molar-refractivity contribution >= 4 is 60.3 Å². The summed E-state index contributed by atoms with van der Waals surface area (Å²) in [4.78, 5) is 19.9. The number of rotatable bonds is 8. The summed E-state index contributed by atoms with van der Waals surface area (Å²) in [6.45, 7) is 13.7. The van der Waals surface area contributed by atoms with E-state index in [1.165, 1.54) is 22.7 Å². The molecule has 236 valence electrons. The monoisotopic (exact) mass is 760 g/mol. The highest BCUT2D eigenvalue weighted by molar-refractivity contribution is 9.11. The van der Waals surface area contributed by atoms with Crippen LogP contribution < -0.4 is 0 Å². The number of aromatic hydroxyl groups is 2. The van der Waals surface area contributed by atoms with Crippen LogP contribution in [0.2, 0.25) is 0 Å². The number of hydrogen-bond acceptors (Lipinski definition) is 7. The Morgan fingerprint density at radius 1 is 0.659 bits per heavy atom. The first kappa shape index (κ1) is 34.9. The summed E-state index contributed by atoms with van der Waals surface area (Å²) in [5, 5.41) is 22.4. The number of phenolic OH excluding ortho intramolecular Hbond substituents is 2. The zero-order chi connectivity index (χ0) is 32.9. The van der Waals surface area contributed by atoms with E-state index in [4.69, 9.17) is 0 Å². The van der Waals surface area contributed by atoms with E-state index in [1.54, 1.807) is 0 Å². The van der Waals surface area contributed by atoms with Crippen LogP contribution in [-0.4, -0.2) is 54.0 Å². The molecule has 0 aliphatic carbocycles. The molecule has 0 aliphatic heterocycles. The second kappa shape index (κ2) is 13.0. The zero-order valence-corrected chi connectivity index (χ0v) is 32.0. The van der Waals surface area contributed by atoms with E-state index >= 15 is 0 Å². The van der Waals surface area contributed by atoms with Crippen LogP contribution in [-0.2, 0) is 23.9 Å². The molecular weight excluding hydrogens is 720 g/mol. The highest BCUT2D eigenvalue weighted by atomic mass is 79.9. The Hall–Kier alpha value is -2.01. The fourth-order valence-electron chi connectivity index (χ4n) is 5.36. The molecule has 0 spiro atoms. The maximum atomic E-state index is 14.5. The van der Waals surface area contributed by atoms with Crippen molar-refractivity contribution in [1.29, 1.82) is 0 Å². The first-order valence-corrected chi connectivity index (χ1v) is 17.7. The van der Waals surface area contributed by atoms with Crippen molar-refractivity contribution in [2.24, 2.45) is 0 Å². The summed E-state index contributed by atoms with van der Waals surface area (Å²) in [7, 11) is 7.92. The molecule has 0 aliphatic rings. The number of carbonyl (C=O) groups excluding carboxylic acids is 1. The van der Waals surface area contributed by atoms with Gasteiger partial charge in [-0.2, -0.15) is 0 Å². The van der Waals surface area contributed by atoms with Crippen molar-refractivity contribution in [3.8, 4) is 33.8 Å². The highest BCUT2D eigenvalue weighted by Crippen LogP contribution is 2.45. The second-order valence-corrected chi connectivity index (χ2v) is 18.8. The third kappa shape index (κ3) is 7.51. The quantitative estimate of drug-likeness (QED) is 0.175. The summed E-state index contributed by atoms with van der Waals surface area (Å²) in [5.41, 5.74) is 6.23. The number of benzene rings is 2. The maximum absolute atomic E-state index is 14.5. The van der Waals surface area contributed by atoms with E-state index in [0.717, 1.165) is 52.1 Å². The van der Waals surface area contributed by atoms with Gasteiger partial charge in [0.2, 0.25) is 5.78 Å². The number of ketones is 1. The van der Waals surface area contributed by atoms with Crippen LogP contribution in [0, 0.1) is 0 Å². The van der Waals surface area contributed by atoms with Gasteiger partial charge in [-0.25, -0.2) is 0 Å². The summed E-state index contributed by atoms with van der Waals surface area (Å²) < 4.78 is 1.72. The van der Waals surface area contributed by atoms with Gasteiger partial charge in [0.1, 0.15) is 11.5 Å². The first-order chi connectivity index (χ1) is 20.3. The summed E-state index contributed by atoms with van der Waals surface area (Å²) in [6, 6.07) is 12.1. The molecule has 0 radical (unpaired) electrons. The number of halogens is 2. The van der Waals surface area contributed by atoms with Gasteiger partial charge in [-0.3, -0.25) is 4.79 Å². The summed E-state index contributed by atoms with van der Waals surface area (Å²) in [5.74, 6) is 0.551. The molecule has 0 unspecified atom stereocenters. The third-order valence-electron chi connectivity index (χ3n) is 7.41. The molecule has 2 aromatic carbocycles. The SMILES string of the molecule is CN(C)Cc1cc(-c2cc(Br)sc2C(=O)c2sc(Br)cc2-c2cc(CN(C)C)c(O)c(C(C)(C)C)c2)cc(C(C)(C)C)c1O. The molecule has 0 amide bonds. The van der Waals surface area contributed by atoms with Gasteiger partial charge in [0, 0.05) is 46.5 Å². The largest absolute Gasteiger partial charge is 0.507 e. The molecular formula is C35H42Br2N2O3S2. The van der Waals surface area contributed by atoms with E-state index in [2.05, 4.69) is 73.4 Å². The minimum Gasteiger partial charge on any atom is -0.507 e. The Morgan fingerprint density at radius 2 is 1.00 bits per heavy atom. The fourth-order valence-corrected chi connectivity index (χ4v) is 8.56. The van der Waals surface area contributed by atoms with Gasteiger partial charge in [0.05, 0.1) is 17.3 Å². The van der Waals surface area contributed by atoms with E-state index in [-0.39, 0.29) is 16.6 Å². The number of nitrogens with zero attached hydrogens (tertiary/aromatic N) is 2. The molecule has 0 fully saturated rings. The van der Waals surface area contributed by atoms with Crippen molar-refractivity contribution in [3.05, 3.63) is 76.0 Å². The lowest BCUT2D eigenvalue weighted by molar-refractivity contribution is 0.104. The molecule has 0 saturated heterocycles. The van der Waals surface area contributed by atoms with Crippen molar-refractivity contribution in [1.82, 2.24) is 9.80 Å². The Morgan fingerprint density at radius 3 is 1.30 bits per heavy atom. The Balaban J connectivity index is 1.92. The van der Waals surface area contributed by atoms with Gasteiger partial charge < -0.3 is 20.0 Å². The molecule has 5 nitrogen and oxygen atoms in total. The van der Waals surface area contributed by atoms with Gasteiger partial charge in [0.25, 0.3) is 0 Å². The van der Waals surface area contributed by atoms with Crippen LogP contribution in [0.25, 0.3) is 22.3 Å². The van der Waals surface area contributed by atoms with Crippen molar-refractivity contribution in [2.75, 3.05) is 28.2 Å².